The summed E-state index contributed by atoms with van der Waals surface area (Å²) in [5, 5.41) is 3.66. The molecule has 0 saturated heterocycles. The van der Waals surface area contributed by atoms with Crippen LogP contribution in [0.2, 0.25) is 0 Å². The predicted octanol–water partition coefficient (Wildman–Crippen LogP) is 4.67. The maximum absolute atomic E-state index is 3.66. The van der Waals surface area contributed by atoms with E-state index in [0.29, 0.717) is 11.5 Å². The molecule has 1 aliphatic rings. The highest BCUT2D eigenvalue weighted by Gasteiger charge is 2.34. The summed E-state index contributed by atoms with van der Waals surface area (Å²) in [6.45, 7) is 10.6. The zero-order chi connectivity index (χ0) is 14.6. The third-order valence-electron chi connectivity index (χ3n) is 4.80. The largest absolute Gasteiger partial charge is 0.314 e. The first-order valence-electron chi connectivity index (χ1n) is 8.23. The van der Waals surface area contributed by atoms with Gasteiger partial charge in [0, 0.05) is 6.04 Å². The zero-order valence-corrected chi connectivity index (χ0v) is 13.7. The van der Waals surface area contributed by atoms with Crippen molar-refractivity contribution in [2.24, 2.45) is 17.3 Å². The molecule has 0 amide bonds. The highest BCUT2D eigenvalue weighted by atomic mass is 14.9. The molecule has 1 aliphatic carbocycles. The molecule has 0 radical (unpaired) electrons. The van der Waals surface area contributed by atoms with E-state index in [1.807, 2.05) is 0 Å². The Morgan fingerprint density at radius 3 is 2.50 bits per heavy atom. The molecule has 1 aromatic carbocycles. The molecular weight excluding hydrogens is 242 g/mol. The van der Waals surface area contributed by atoms with Crippen molar-refractivity contribution in [3.8, 4) is 0 Å². The maximum Gasteiger partial charge on any atom is 0.00104 e. The highest BCUT2D eigenvalue weighted by molar-refractivity contribution is 5.15. The van der Waals surface area contributed by atoms with Crippen LogP contribution >= 0.6 is 0 Å². The van der Waals surface area contributed by atoms with Crippen molar-refractivity contribution < 1.29 is 0 Å². The molecule has 0 spiro atoms. The summed E-state index contributed by atoms with van der Waals surface area (Å²) in [4.78, 5) is 0. The van der Waals surface area contributed by atoms with Crippen molar-refractivity contribution in [3.63, 3.8) is 0 Å². The number of hydrogen-bond acceptors (Lipinski definition) is 1. The third kappa shape index (κ3) is 4.63. The van der Waals surface area contributed by atoms with Crippen molar-refractivity contribution in [1.29, 1.82) is 0 Å². The van der Waals surface area contributed by atoms with Crippen LogP contribution < -0.4 is 5.32 Å². The van der Waals surface area contributed by atoms with Gasteiger partial charge in [0.2, 0.25) is 0 Å². The van der Waals surface area contributed by atoms with Gasteiger partial charge in [-0.15, -0.1) is 0 Å². The highest BCUT2D eigenvalue weighted by Crippen LogP contribution is 2.43. The smallest absolute Gasteiger partial charge is 0.00104 e. The van der Waals surface area contributed by atoms with E-state index in [-0.39, 0.29) is 0 Å². The van der Waals surface area contributed by atoms with E-state index in [2.05, 4.69) is 63.3 Å². The molecule has 2 unspecified atom stereocenters. The molecule has 2 rings (SSSR count). The summed E-state index contributed by atoms with van der Waals surface area (Å²) in [6.07, 6.45) is 5.37. The molecular formula is C19H31N. The van der Waals surface area contributed by atoms with Gasteiger partial charge in [-0.25, -0.2) is 0 Å². The molecule has 1 heteroatoms. The van der Waals surface area contributed by atoms with Gasteiger partial charge in [0.15, 0.2) is 0 Å². The Bertz CT molecular complexity index is 391. The standard InChI is InChI=1S/C19H31N/c1-15(2)20-14-17-10-11-19(3,4)13-18(17)12-16-8-6-5-7-9-16/h5-9,15,17-18,20H,10-14H2,1-4H3. The Hall–Kier alpha value is -0.820. The van der Waals surface area contributed by atoms with Crippen molar-refractivity contribution in [2.75, 3.05) is 6.54 Å². The fraction of sp³-hybridized carbons (Fsp3) is 0.684. The summed E-state index contributed by atoms with van der Waals surface area (Å²) in [5.74, 6) is 1.66. The van der Waals surface area contributed by atoms with Crippen LogP contribution in [0.3, 0.4) is 0 Å². The molecule has 1 nitrogen and oxygen atoms in total. The minimum Gasteiger partial charge on any atom is -0.314 e. The minimum atomic E-state index is 0.522. The van der Waals surface area contributed by atoms with Crippen LogP contribution in [0.5, 0.6) is 0 Å². The van der Waals surface area contributed by atoms with Crippen molar-refractivity contribution in [3.05, 3.63) is 35.9 Å². The van der Waals surface area contributed by atoms with Crippen LogP contribution in [-0.2, 0) is 6.42 Å². The van der Waals surface area contributed by atoms with E-state index in [1.54, 1.807) is 0 Å². The summed E-state index contributed by atoms with van der Waals surface area (Å²) in [5.41, 5.74) is 2.03. The Kier molecular flexibility index (Phi) is 5.26. The molecule has 0 bridgehead atoms. The lowest BCUT2D eigenvalue weighted by Crippen LogP contribution is -2.38. The van der Waals surface area contributed by atoms with Gasteiger partial charge in [-0.05, 0) is 55.0 Å². The third-order valence-corrected chi connectivity index (χ3v) is 4.80. The summed E-state index contributed by atoms with van der Waals surface area (Å²) >= 11 is 0. The number of rotatable bonds is 5. The first kappa shape index (κ1) is 15.6. The molecule has 2 atom stereocenters. The lowest BCUT2D eigenvalue weighted by molar-refractivity contribution is 0.114. The molecule has 0 heterocycles. The molecule has 0 aliphatic heterocycles. The maximum atomic E-state index is 3.66. The average Bonchev–Trinajstić information content (AvgIpc) is 2.38. The fourth-order valence-corrected chi connectivity index (χ4v) is 3.60. The number of hydrogen-bond donors (Lipinski definition) is 1. The van der Waals surface area contributed by atoms with E-state index in [4.69, 9.17) is 0 Å². The van der Waals surface area contributed by atoms with Gasteiger partial charge in [0.1, 0.15) is 0 Å². The normalized spacial score (nSPS) is 25.9. The van der Waals surface area contributed by atoms with Gasteiger partial charge in [-0.1, -0.05) is 58.0 Å². The van der Waals surface area contributed by atoms with Gasteiger partial charge < -0.3 is 5.32 Å². The second-order valence-corrected chi connectivity index (χ2v) is 7.68. The second kappa shape index (κ2) is 6.76. The molecule has 112 valence electrons. The summed E-state index contributed by atoms with van der Waals surface area (Å²) < 4.78 is 0. The van der Waals surface area contributed by atoms with Crippen LogP contribution in [-0.4, -0.2) is 12.6 Å². The summed E-state index contributed by atoms with van der Waals surface area (Å²) in [7, 11) is 0. The van der Waals surface area contributed by atoms with Crippen LogP contribution in [0.25, 0.3) is 0 Å². The van der Waals surface area contributed by atoms with E-state index in [1.165, 1.54) is 37.8 Å². The first-order valence-corrected chi connectivity index (χ1v) is 8.23. The lowest BCUT2D eigenvalue weighted by atomic mass is 9.65. The van der Waals surface area contributed by atoms with Crippen molar-refractivity contribution >= 4 is 0 Å². The van der Waals surface area contributed by atoms with Crippen LogP contribution in [0, 0.1) is 17.3 Å². The monoisotopic (exact) mass is 273 g/mol. The number of nitrogens with one attached hydrogen (secondary N) is 1. The van der Waals surface area contributed by atoms with Crippen molar-refractivity contribution in [2.45, 2.75) is 59.4 Å². The van der Waals surface area contributed by atoms with E-state index < -0.39 is 0 Å². The van der Waals surface area contributed by atoms with Gasteiger partial charge in [0.25, 0.3) is 0 Å². The topological polar surface area (TPSA) is 12.0 Å². The van der Waals surface area contributed by atoms with Crippen LogP contribution in [0.4, 0.5) is 0 Å². The van der Waals surface area contributed by atoms with E-state index in [0.717, 1.165) is 11.8 Å². The van der Waals surface area contributed by atoms with Crippen LogP contribution in [0.15, 0.2) is 30.3 Å². The van der Waals surface area contributed by atoms with Gasteiger partial charge in [-0.3, -0.25) is 0 Å². The Morgan fingerprint density at radius 1 is 1.15 bits per heavy atom. The average molecular weight is 273 g/mol. The predicted molar refractivity (Wildman–Crippen MR) is 87.9 cm³/mol. The van der Waals surface area contributed by atoms with E-state index >= 15 is 0 Å². The summed E-state index contributed by atoms with van der Waals surface area (Å²) in [6, 6.07) is 11.6. The molecule has 1 fully saturated rings. The Morgan fingerprint density at radius 2 is 1.85 bits per heavy atom. The quantitative estimate of drug-likeness (QED) is 0.822. The lowest BCUT2D eigenvalue weighted by Gasteiger charge is -2.41. The first-order chi connectivity index (χ1) is 9.46. The molecule has 1 saturated carbocycles. The Labute approximate surface area is 125 Å². The second-order valence-electron chi connectivity index (χ2n) is 7.68. The molecule has 20 heavy (non-hydrogen) atoms. The molecule has 1 N–H and O–H groups in total. The minimum absolute atomic E-state index is 0.522. The van der Waals surface area contributed by atoms with Crippen molar-refractivity contribution in [1.82, 2.24) is 5.32 Å². The molecule has 1 aromatic rings. The zero-order valence-electron chi connectivity index (χ0n) is 13.7. The van der Waals surface area contributed by atoms with Crippen LogP contribution in [0.1, 0.15) is 52.5 Å². The van der Waals surface area contributed by atoms with E-state index in [9.17, 15) is 0 Å². The molecule has 0 aromatic heterocycles. The number of benzene rings is 1. The SMILES string of the molecule is CC(C)NCC1CCC(C)(C)CC1Cc1ccccc1. The fourth-order valence-electron chi connectivity index (χ4n) is 3.60. The van der Waals surface area contributed by atoms with Gasteiger partial charge in [0.05, 0.1) is 0 Å². The van der Waals surface area contributed by atoms with Gasteiger partial charge in [-0.2, -0.15) is 0 Å². The van der Waals surface area contributed by atoms with Gasteiger partial charge >= 0.3 is 0 Å². The Balaban J connectivity index is 2.02.